The molecular weight excluding hydrogens is 244 g/mol. The van der Waals surface area contributed by atoms with Crippen molar-refractivity contribution < 1.29 is 4.79 Å². The van der Waals surface area contributed by atoms with Crippen LogP contribution in [0.1, 0.15) is 24.1 Å². The van der Waals surface area contributed by atoms with Gasteiger partial charge in [-0.25, -0.2) is 0 Å². The van der Waals surface area contributed by atoms with E-state index in [1.54, 1.807) is 11.3 Å². The SMILES string of the molecule is CN1CCC(CNC(=O)CCc2cccs2)CC1. The number of amides is 1. The molecule has 0 aromatic carbocycles. The molecule has 0 aliphatic carbocycles. The van der Waals surface area contributed by atoms with Gasteiger partial charge in [-0.1, -0.05) is 6.07 Å². The first kappa shape index (κ1) is 13.6. The van der Waals surface area contributed by atoms with E-state index in [4.69, 9.17) is 0 Å². The predicted octanol–water partition coefficient (Wildman–Crippen LogP) is 2.14. The van der Waals surface area contributed by atoms with Crippen molar-refractivity contribution in [1.29, 1.82) is 0 Å². The number of nitrogens with one attached hydrogen (secondary N) is 1. The third-order valence-electron chi connectivity index (χ3n) is 3.60. The lowest BCUT2D eigenvalue weighted by molar-refractivity contribution is -0.121. The monoisotopic (exact) mass is 266 g/mol. The van der Waals surface area contributed by atoms with Gasteiger partial charge in [0.2, 0.25) is 5.91 Å². The van der Waals surface area contributed by atoms with Gasteiger partial charge in [-0.3, -0.25) is 4.79 Å². The molecule has 1 N–H and O–H groups in total. The van der Waals surface area contributed by atoms with Gasteiger partial charge in [0.25, 0.3) is 0 Å². The molecule has 0 bridgehead atoms. The van der Waals surface area contributed by atoms with Gasteiger partial charge in [0.15, 0.2) is 0 Å². The maximum absolute atomic E-state index is 11.7. The first-order chi connectivity index (χ1) is 8.74. The van der Waals surface area contributed by atoms with Crippen molar-refractivity contribution in [3.63, 3.8) is 0 Å². The number of aryl methyl sites for hydroxylation is 1. The minimum Gasteiger partial charge on any atom is -0.356 e. The average molecular weight is 266 g/mol. The van der Waals surface area contributed by atoms with E-state index in [9.17, 15) is 4.79 Å². The fourth-order valence-corrected chi connectivity index (χ4v) is 3.01. The highest BCUT2D eigenvalue weighted by molar-refractivity contribution is 7.09. The number of thiophene rings is 1. The van der Waals surface area contributed by atoms with Gasteiger partial charge >= 0.3 is 0 Å². The van der Waals surface area contributed by atoms with E-state index < -0.39 is 0 Å². The van der Waals surface area contributed by atoms with E-state index in [0.717, 1.165) is 26.1 Å². The van der Waals surface area contributed by atoms with Crippen molar-refractivity contribution in [3.05, 3.63) is 22.4 Å². The van der Waals surface area contributed by atoms with Crippen LogP contribution in [-0.4, -0.2) is 37.5 Å². The molecule has 1 aromatic rings. The minimum absolute atomic E-state index is 0.197. The molecule has 100 valence electrons. The van der Waals surface area contributed by atoms with E-state index in [2.05, 4.69) is 28.7 Å². The van der Waals surface area contributed by atoms with Crippen molar-refractivity contribution in [2.45, 2.75) is 25.7 Å². The van der Waals surface area contributed by atoms with E-state index in [-0.39, 0.29) is 5.91 Å². The maximum atomic E-state index is 11.7. The molecule has 0 radical (unpaired) electrons. The summed E-state index contributed by atoms with van der Waals surface area (Å²) in [5.41, 5.74) is 0. The van der Waals surface area contributed by atoms with Gasteiger partial charge in [0.05, 0.1) is 0 Å². The van der Waals surface area contributed by atoms with Crippen LogP contribution in [0.5, 0.6) is 0 Å². The highest BCUT2D eigenvalue weighted by Gasteiger charge is 2.16. The molecule has 1 fully saturated rings. The van der Waals surface area contributed by atoms with Gasteiger partial charge < -0.3 is 10.2 Å². The van der Waals surface area contributed by atoms with Crippen LogP contribution in [0.4, 0.5) is 0 Å². The summed E-state index contributed by atoms with van der Waals surface area (Å²) in [6.45, 7) is 3.18. The van der Waals surface area contributed by atoms with Gasteiger partial charge in [-0.2, -0.15) is 0 Å². The Morgan fingerprint density at radius 2 is 2.28 bits per heavy atom. The second-order valence-corrected chi connectivity index (χ2v) is 6.16. The topological polar surface area (TPSA) is 32.3 Å². The van der Waals surface area contributed by atoms with Crippen molar-refractivity contribution >= 4 is 17.2 Å². The van der Waals surface area contributed by atoms with Crippen LogP contribution in [0.3, 0.4) is 0 Å². The lowest BCUT2D eigenvalue weighted by atomic mass is 9.97. The summed E-state index contributed by atoms with van der Waals surface area (Å²) in [6, 6.07) is 4.13. The molecule has 3 nitrogen and oxygen atoms in total. The molecule has 1 amide bonds. The number of likely N-dealkylation sites (tertiary alicyclic amines) is 1. The number of hydrogen-bond donors (Lipinski definition) is 1. The molecule has 0 atom stereocenters. The van der Waals surface area contributed by atoms with Gasteiger partial charge in [0, 0.05) is 17.8 Å². The molecule has 18 heavy (non-hydrogen) atoms. The zero-order valence-electron chi connectivity index (χ0n) is 11.0. The standard InChI is InChI=1S/C14H22N2OS/c1-16-8-6-12(7-9-16)11-15-14(17)5-4-13-3-2-10-18-13/h2-3,10,12H,4-9,11H2,1H3,(H,15,17). The summed E-state index contributed by atoms with van der Waals surface area (Å²) in [5.74, 6) is 0.870. The van der Waals surface area contributed by atoms with Crippen LogP contribution in [0.2, 0.25) is 0 Å². The Labute approximate surface area is 113 Å². The third kappa shape index (κ3) is 4.42. The van der Waals surface area contributed by atoms with Crippen molar-refractivity contribution in [2.75, 3.05) is 26.7 Å². The van der Waals surface area contributed by atoms with Gasteiger partial charge in [-0.05, 0) is 56.8 Å². The average Bonchev–Trinajstić information content (AvgIpc) is 2.89. The first-order valence-corrected chi connectivity index (χ1v) is 7.59. The fraction of sp³-hybridized carbons (Fsp3) is 0.643. The summed E-state index contributed by atoms with van der Waals surface area (Å²) < 4.78 is 0. The summed E-state index contributed by atoms with van der Waals surface area (Å²) in [4.78, 5) is 15.4. The molecule has 2 heterocycles. The number of rotatable bonds is 5. The molecule has 0 spiro atoms. The lowest BCUT2D eigenvalue weighted by Gasteiger charge is -2.28. The largest absolute Gasteiger partial charge is 0.356 e. The second-order valence-electron chi connectivity index (χ2n) is 5.13. The molecule has 1 aliphatic rings. The van der Waals surface area contributed by atoms with Crippen molar-refractivity contribution in [3.8, 4) is 0 Å². The van der Waals surface area contributed by atoms with E-state index >= 15 is 0 Å². The molecule has 4 heteroatoms. The Hall–Kier alpha value is -0.870. The molecular formula is C14H22N2OS. The predicted molar refractivity (Wildman–Crippen MR) is 75.9 cm³/mol. The lowest BCUT2D eigenvalue weighted by Crippen LogP contribution is -2.36. The van der Waals surface area contributed by atoms with E-state index in [0.29, 0.717) is 12.3 Å². The molecule has 0 saturated carbocycles. The number of piperidine rings is 1. The molecule has 2 rings (SSSR count). The molecule has 1 aromatic heterocycles. The van der Waals surface area contributed by atoms with Crippen molar-refractivity contribution in [1.82, 2.24) is 10.2 Å². The smallest absolute Gasteiger partial charge is 0.220 e. The van der Waals surface area contributed by atoms with E-state index in [1.165, 1.54) is 17.7 Å². The Balaban J connectivity index is 1.60. The Morgan fingerprint density at radius 3 is 2.94 bits per heavy atom. The molecule has 1 aliphatic heterocycles. The van der Waals surface area contributed by atoms with Gasteiger partial charge in [-0.15, -0.1) is 11.3 Å². The minimum atomic E-state index is 0.197. The van der Waals surface area contributed by atoms with E-state index in [1.807, 2.05) is 6.07 Å². The Kier molecular flexibility index (Phi) is 5.20. The third-order valence-corrected chi connectivity index (χ3v) is 4.54. The first-order valence-electron chi connectivity index (χ1n) is 6.71. The van der Waals surface area contributed by atoms with Gasteiger partial charge in [0.1, 0.15) is 0 Å². The normalized spacial score (nSPS) is 17.8. The van der Waals surface area contributed by atoms with Crippen LogP contribution in [0, 0.1) is 5.92 Å². The fourth-order valence-electron chi connectivity index (χ4n) is 2.30. The zero-order valence-corrected chi connectivity index (χ0v) is 11.8. The maximum Gasteiger partial charge on any atom is 0.220 e. The number of carbonyl (C=O) groups excluding carboxylic acids is 1. The second kappa shape index (κ2) is 6.90. The van der Waals surface area contributed by atoms with Crippen molar-refractivity contribution in [2.24, 2.45) is 5.92 Å². The van der Waals surface area contributed by atoms with Crippen LogP contribution >= 0.6 is 11.3 Å². The summed E-state index contributed by atoms with van der Waals surface area (Å²) in [7, 11) is 2.16. The zero-order chi connectivity index (χ0) is 12.8. The summed E-state index contributed by atoms with van der Waals surface area (Å²) >= 11 is 1.73. The Morgan fingerprint density at radius 1 is 1.50 bits per heavy atom. The van der Waals surface area contributed by atoms with Crippen LogP contribution in [0.25, 0.3) is 0 Å². The summed E-state index contributed by atoms with van der Waals surface area (Å²) in [6.07, 6.45) is 3.91. The van der Waals surface area contributed by atoms with Crippen LogP contribution in [-0.2, 0) is 11.2 Å². The summed E-state index contributed by atoms with van der Waals surface area (Å²) in [5, 5.41) is 5.14. The number of carbonyl (C=O) groups is 1. The molecule has 1 saturated heterocycles. The molecule has 0 unspecified atom stereocenters. The van der Waals surface area contributed by atoms with Crippen LogP contribution < -0.4 is 5.32 Å². The number of nitrogens with zero attached hydrogens (tertiary/aromatic N) is 1. The number of hydrogen-bond acceptors (Lipinski definition) is 3. The highest BCUT2D eigenvalue weighted by Crippen LogP contribution is 2.15. The highest BCUT2D eigenvalue weighted by atomic mass is 32.1. The van der Waals surface area contributed by atoms with Crippen LogP contribution in [0.15, 0.2) is 17.5 Å². The quantitative estimate of drug-likeness (QED) is 0.885. The Bertz CT molecular complexity index is 356.